The molecular weight excluding hydrogens is 126 g/mol. The van der Waals surface area contributed by atoms with Crippen molar-refractivity contribution >= 4 is 0 Å². The minimum absolute atomic E-state index is 0.274. The molecule has 0 amide bonds. The summed E-state index contributed by atoms with van der Waals surface area (Å²) < 4.78 is 0. The van der Waals surface area contributed by atoms with Crippen molar-refractivity contribution in [1.82, 2.24) is 9.97 Å². The van der Waals surface area contributed by atoms with Gasteiger partial charge in [-0.3, -0.25) is 0 Å². The van der Waals surface area contributed by atoms with E-state index in [1.807, 2.05) is 6.20 Å². The first kappa shape index (κ1) is 5.92. The Labute approximate surface area is 59.7 Å². The van der Waals surface area contributed by atoms with Crippen LogP contribution in [0.1, 0.15) is 18.5 Å². The monoisotopic (exact) mass is 137 g/mol. The van der Waals surface area contributed by atoms with E-state index in [-0.39, 0.29) is 5.41 Å². The van der Waals surface area contributed by atoms with Crippen LogP contribution in [-0.2, 0) is 5.41 Å². The average molecular weight is 137 g/mol. The number of H-pyrrole nitrogens is 1. The minimum atomic E-state index is 0.274. The molecule has 3 nitrogen and oxygen atoms in total. The number of aromatic amines is 1. The molecule has 54 valence electrons. The number of nitrogens with zero attached hydrogens (tertiary/aromatic N) is 1. The molecular formula is C7H11N3. The summed E-state index contributed by atoms with van der Waals surface area (Å²) in [4.78, 5) is 7.07. The van der Waals surface area contributed by atoms with E-state index in [1.165, 1.54) is 18.5 Å². The normalized spacial score (nSPS) is 20.9. The highest BCUT2D eigenvalue weighted by Crippen LogP contribution is 2.45. The molecule has 0 unspecified atom stereocenters. The molecule has 0 aliphatic heterocycles. The van der Waals surface area contributed by atoms with Crippen LogP contribution in [0.15, 0.2) is 12.5 Å². The van der Waals surface area contributed by atoms with Crippen LogP contribution in [0.4, 0.5) is 0 Å². The van der Waals surface area contributed by atoms with Gasteiger partial charge in [-0.2, -0.15) is 0 Å². The lowest BCUT2D eigenvalue weighted by molar-refractivity contribution is 0.683. The van der Waals surface area contributed by atoms with Crippen molar-refractivity contribution in [3.63, 3.8) is 0 Å². The molecule has 0 atom stereocenters. The van der Waals surface area contributed by atoms with Crippen LogP contribution < -0.4 is 5.73 Å². The van der Waals surface area contributed by atoms with Crippen LogP contribution in [0.2, 0.25) is 0 Å². The van der Waals surface area contributed by atoms with Gasteiger partial charge in [-0.05, 0) is 12.8 Å². The summed E-state index contributed by atoms with van der Waals surface area (Å²) >= 11 is 0. The van der Waals surface area contributed by atoms with Gasteiger partial charge >= 0.3 is 0 Å². The van der Waals surface area contributed by atoms with E-state index in [1.54, 1.807) is 6.33 Å². The van der Waals surface area contributed by atoms with Crippen LogP contribution in [0.25, 0.3) is 0 Å². The Kier molecular flexibility index (Phi) is 1.08. The van der Waals surface area contributed by atoms with Crippen LogP contribution in [-0.4, -0.2) is 16.5 Å². The number of hydrogen-bond acceptors (Lipinski definition) is 2. The largest absolute Gasteiger partial charge is 0.348 e. The molecule has 0 radical (unpaired) electrons. The predicted molar refractivity (Wildman–Crippen MR) is 38.6 cm³/mol. The number of hydrogen-bond donors (Lipinski definition) is 2. The van der Waals surface area contributed by atoms with Gasteiger partial charge in [0.2, 0.25) is 0 Å². The Morgan fingerprint density at radius 3 is 2.90 bits per heavy atom. The van der Waals surface area contributed by atoms with Gasteiger partial charge in [-0.25, -0.2) is 4.98 Å². The molecule has 10 heavy (non-hydrogen) atoms. The maximum absolute atomic E-state index is 5.61. The fraction of sp³-hybridized carbons (Fsp3) is 0.571. The zero-order valence-electron chi connectivity index (χ0n) is 5.80. The fourth-order valence-corrected chi connectivity index (χ4v) is 1.28. The Hall–Kier alpha value is -0.830. The van der Waals surface area contributed by atoms with Gasteiger partial charge in [0.25, 0.3) is 0 Å². The summed E-state index contributed by atoms with van der Waals surface area (Å²) in [7, 11) is 0. The van der Waals surface area contributed by atoms with E-state index in [0.29, 0.717) is 0 Å². The summed E-state index contributed by atoms with van der Waals surface area (Å²) in [5.41, 5.74) is 7.09. The lowest BCUT2D eigenvalue weighted by Gasteiger charge is -2.07. The summed E-state index contributed by atoms with van der Waals surface area (Å²) in [5, 5.41) is 0. The highest BCUT2D eigenvalue weighted by atomic mass is 14.9. The van der Waals surface area contributed by atoms with Crippen molar-refractivity contribution in [1.29, 1.82) is 0 Å². The molecule has 1 aromatic rings. The number of nitrogens with one attached hydrogen (secondary N) is 1. The maximum atomic E-state index is 5.61. The topological polar surface area (TPSA) is 54.7 Å². The molecule has 3 N–H and O–H groups in total. The van der Waals surface area contributed by atoms with E-state index in [9.17, 15) is 0 Å². The Morgan fingerprint density at radius 1 is 1.70 bits per heavy atom. The van der Waals surface area contributed by atoms with E-state index < -0.39 is 0 Å². The summed E-state index contributed by atoms with van der Waals surface area (Å²) in [5.74, 6) is 0. The maximum Gasteiger partial charge on any atom is 0.0921 e. The van der Waals surface area contributed by atoms with Crippen molar-refractivity contribution < 1.29 is 0 Å². The lowest BCUT2D eigenvalue weighted by Crippen LogP contribution is -2.19. The molecule has 0 spiro atoms. The summed E-state index contributed by atoms with van der Waals surface area (Å²) in [6.45, 7) is 0.745. The molecule has 1 aliphatic carbocycles. The quantitative estimate of drug-likeness (QED) is 0.620. The molecule has 1 heterocycles. The van der Waals surface area contributed by atoms with Gasteiger partial charge in [0, 0.05) is 23.9 Å². The lowest BCUT2D eigenvalue weighted by atomic mass is 10.0. The second-order valence-corrected chi connectivity index (χ2v) is 2.95. The van der Waals surface area contributed by atoms with Crippen LogP contribution >= 0.6 is 0 Å². The third-order valence-electron chi connectivity index (χ3n) is 2.31. The standard InChI is InChI=1S/C7H11N3/c8-4-7(1-2-7)6-3-9-5-10-6/h3,5H,1-2,4,8H2,(H,9,10). The predicted octanol–water partition coefficient (Wildman–Crippen LogP) is 0.400. The van der Waals surface area contributed by atoms with Crippen molar-refractivity contribution in [2.45, 2.75) is 18.3 Å². The van der Waals surface area contributed by atoms with Gasteiger partial charge in [0.05, 0.1) is 6.33 Å². The Balaban J connectivity index is 2.27. The molecule has 1 aliphatic rings. The zero-order chi connectivity index (χ0) is 7.03. The summed E-state index contributed by atoms with van der Waals surface area (Å²) in [6.07, 6.45) is 6.02. The van der Waals surface area contributed by atoms with Gasteiger partial charge in [-0.15, -0.1) is 0 Å². The molecule has 3 heteroatoms. The van der Waals surface area contributed by atoms with E-state index in [4.69, 9.17) is 5.73 Å². The third-order valence-corrected chi connectivity index (χ3v) is 2.31. The fourth-order valence-electron chi connectivity index (χ4n) is 1.28. The van der Waals surface area contributed by atoms with Crippen molar-refractivity contribution in [2.24, 2.45) is 5.73 Å². The molecule has 1 saturated carbocycles. The second kappa shape index (κ2) is 1.83. The number of imidazole rings is 1. The Morgan fingerprint density at radius 2 is 2.50 bits per heavy atom. The molecule has 0 bridgehead atoms. The summed E-state index contributed by atoms with van der Waals surface area (Å²) in [6, 6.07) is 0. The van der Waals surface area contributed by atoms with Crippen LogP contribution in [0.3, 0.4) is 0 Å². The van der Waals surface area contributed by atoms with Crippen molar-refractivity contribution in [3.8, 4) is 0 Å². The van der Waals surface area contributed by atoms with Crippen molar-refractivity contribution in [2.75, 3.05) is 6.54 Å². The van der Waals surface area contributed by atoms with Gasteiger partial charge in [-0.1, -0.05) is 0 Å². The molecule has 1 fully saturated rings. The first-order valence-electron chi connectivity index (χ1n) is 3.56. The van der Waals surface area contributed by atoms with Crippen LogP contribution in [0.5, 0.6) is 0 Å². The van der Waals surface area contributed by atoms with E-state index >= 15 is 0 Å². The van der Waals surface area contributed by atoms with Gasteiger partial charge in [0.1, 0.15) is 0 Å². The first-order valence-corrected chi connectivity index (χ1v) is 3.56. The second-order valence-electron chi connectivity index (χ2n) is 2.95. The average Bonchev–Trinajstić information content (AvgIpc) is 2.58. The molecule has 2 rings (SSSR count). The SMILES string of the molecule is NCC1(c2cnc[nH]2)CC1. The molecule has 0 saturated heterocycles. The zero-order valence-corrected chi connectivity index (χ0v) is 5.80. The Bertz CT molecular complexity index is 211. The smallest absolute Gasteiger partial charge is 0.0921 e. The number of nitrogens with two attached hydrogens (primary N) is 1. The number of aromatic nitrogens is 2. The highest BCUT2D eigenvalue weighted by Gasteiger charge is 2.43. The van der Waals surface area contributed by atoms with E-state index in [0.717, 1.165) is 6.54 Å². The van der Waals surface area contributed by atoms with E-state index in [2.05, 4.69) is 9.97 Å². The number of rotatable bonds is 2. The third kappa shape index (κ3) is 0.671. The van der Waals surface area contributed by atoms with Gasteiger partial charge in [0.15, 0.2) is 0 Å². The van der Waals surface area contributed by atoms with Crippen LogP contribution in [0, 0.1) is 0 Å². The first-order chi connectivity index (χ1) is 4.87. The highest BCUT2D eigenvalue weighted by molar-refractivity contribution is 5.22. The minimum Gasteiger partial charge on any atom is -0.348 e. The van der Waals surface area contributed by atoms with Gasteiger partial charge < -0.3 is 10.7 Å². The molecule has 0 aromatic carbocycles. The van der Waals surface area contributed by atoms with Crippen molar-refractivity contribution in [3.05, 3.63) is 18.2 Å². The molecule has 1 aromatic heterocycles.